The highest BCUT2D eigenvalue weighted by Crippen LogP contribution is 2.40. The quantitative estimate of drug-likeness (QED) is 0.442. The summed E-state index contributed by atoms with van der Waals surface area (Å²) in [6.07, 6.45) is 2.74. The first-order chi connectivity index (χ1) is 14.4. The van der Waals surface area contributed by atoms with Gasteiger partial charge in [0.15, 0.2) is 35.7 Å². The van der Waals surface area contributed by atoms with Crippen LogP contribution in [0.4, 0.5) is 0 Å². The monoisotopic (exact) mass is 430 g/mol. The topological polar surface area (TPSA) is 74.9 Å². The van der Waals surface area contributed by atoms with Crippen molar-refractivity contribution >= 4 is 20.9 Å². The summed E-state index contributed by atoms with van der Waals surface area (Å²) >= 11 is 0. The number of nitrogens with zero attached hydrogens (tertiary/aromatic N) is 1. The van der Waals surface area contributed by atoms with Crippen molar-refractivity contribution in [3.05, 3.63) is 42.1 Å². The molecule has 30 heavy (non-hydrogen) atoms. The largest absolute Gasteiger partial charge is 0.493 e. The molecule has 4 rings (SSSR count). The fourth-order valence-corrected chi connectivity index (χ4v) is 4.31. The Balaban J connectivity index is 1.94. The van der Waals surface area contributed by atoms with Gasteiger partial charge < -0.3 is 18.4 Å². The molecule has 1 aliphatic rings. The standard InChI is InChI=1S/C22H24NO6S/c1-5-30(24,25)29-22-17-13-23-9-8-15-11-20(27-3)21(28-4)12-16(15)18(23)10-14(17)6-7-19(22)26-2/h6-7,10-13H,5,8-9H2,1-4H3/q+1. The van der Waals surface area contributed by atoms with Gasteiger partial charge in [0.2, 0.25) is 5.69 Å². The zero-order valence-electron chi connectivity index (χ0n) is 17.4. The number of benzene rings is 2. The third-order valence-electron chi connectivity index (χ3n) is 5.37. The van der Waals surface area contributed by atoms with E-state index in [2.05, 4.69) is 4.57 Å². The van der Waals surface area contributed by atoms with Crippen molar-refractivity contribution in [3.8, 4) is 34.3 Å². The summed E-state index contributed by atoms with van der Waals surface area (Å²) in [6.45, 7) is 2.28. The lowest BCUT2D eigenvalue weighted by Crippen LogP contribution is -2.40. The number of methoxy groups -OCH3 is 3. The van der Waals surface area contributed by atoms with E-state index in [0.717, 1.165) is 29.6 Å². The van der Waals surface area contributed by atoms with E-state index < -0.39 is 10.1 Å². The first kappa shape index (κ1) is 20.3. The molecule has 0 N–H and O–H groups in total. The SMILES string of the molecule is CCS(=O)(=O)Oc1c(OC)ccc2cc3[n+](cc12)CCc1cc(OC)c(OC)cc1-3. The minimum Gasteiger partial charge on any atom is -0.493 e. The van der Waals surface area contributed by atoms with Gasteiger partial charge in [-0.1, -0.05) is 0 Å². The van der Waals surface area contributed by atoms with Crippen LogP contribution in [-0.4, -0.2) is 35.5 Å². The van der Waals surface area contributed by atoms with Crippen LogP contribution in [0.3, 0.4) is 0 Å². The second-order valence-corrected chi connectivity index (χ2v) is 8.86. The zero-order valence-corrected chi connectivity index (χ0v) is 18.2. The number of ether oxygens (including phenoxy) is 3. The minimum atomic E-state index is -3.70. The lowest BCUT2D eigenvalue weighted by molar-refractivity contribution is -0.686. The number of aromatic nitrogens is 1. The summed E-state index contributed by atoms with van der Waals surface area (Å²) in [5, 5.41) is 1.53. The van der Waals surface area contributed by atoms with Gasteiger partial charge in [0.1, 0.15) is 0 Å². The second-order valence-electron chi connectivity index (χ2n) is 7.00. The van der Waals surface area contributed by atoms with E-state index in [1.165, 1.54) is 12.7 Å². The molecular formula is C22H24NO6S+. The smallest absolute Gasteiger partial charge is 0.309 e. The maximum absolute atomic E-state index is 12.2. The fraction of sp³-hybridized carbons (Fsp3) is 0.318. The van der Waals surface area contributed by atoms with Crippen molar-refractivity contribution in [3.63, 3.8) is 0 Å². The molecule has 0 bridgehead atoms. The first-order valence-electron chi connectivity index (χ1n) is 9.62. The van der Waals surface area contributed by atoms with Gasteiger partial charge in [0.05, 0.1) is 38.0 Å². The van der Waals surface area contributed by atoms with E-state index in [0.29, 0.717) is 22.6 Å². The molecule has 2 aromatic carbocycles. The Kier molecular flexibility index (Phi) is 5.19. The van der Waals surface area contributed by atoms with Crippen molar-refractivity contribution in [2.75, 3.05) is 27.1 Å². The highest BCUT2D eigenvalue weighted by molar-refractivity contribution is 7.87. The Labute approximate surface area is 175 Å². The van der Waals surface area contributed by atoms with Crippen molar-refractivity contribution in [2.24, 2.45) is 0 Å². The molecule has 1 aliphatic heterocycles. The van der Waals surface area contributed by atoms with Crippen molar-refractivity contribution in [1.82, 2.24) is 0 Å². The van der Waals surface area contributed by atoms with Crippen LogP contribution in [0.15, 0.2) is 36.5 Å². The van der Waals surface area contributed by atoms with E-state index in [4.69, 9.17) is 18.4 Å². The summed E-state index contributed by atoms with van der Waals surface area (Å²) < 4.78 is 48.1. The summed E-state index contributed by atoms with van der Waals surface area (Å²) in [5.74, 6) is 1.83. The van der Waals surface area contributed by atoms with Gasteiger partial charge in [-0.25, -0.2) is 0 Å². The Morgan fingerprint density at radius 1 is 0.967 bits per heavy atom. The maximum Gasteiger partial charge on any atom is 0.309 e. The lowest BCUT2D eigenvalue weighted by Gasteiger charge is -2.19. The van der Waals surface area contributed by atoms with Crippen molar-refractivity contribution in [1.29, 1.82) is 0 Å². The summed E-state index contributed by atoms with van der Waals surface area (Å²) in [4.78, 5) is 0. The van der Waals surface area contributed by atoms with Crippen LogP contribution in [0, 0.1) is 0 Å². The molecule has 0 atom stereocenters. The van der Waals surface area contributed by atoms with Gasteiger partial charge in [0.25, 0.3) is 0 Å². The molecule has 0 amide bonds. The van der Waals surface area contributed by atoms with Crippen LogP contribution in [0.25, 0.3) is 22.0 Å². The minimum absolute atomic E-state index is 0.125. The van der Waals surface area contributed by atoms with E-state index >= 15 is 0 Å². The Morgan fingerprint density at radius 3 is 2.33 bits per heavy atom. The number of rotatable bonds is 6. The molecule has 1 aromatic heterocycles. The molecule has 2 heterocycles. The van der Waals surface area contributed by atoms with Crippen LogP contribution in [0.1, 0.15) is 12.5 Å². The predicted molar refractivity (Wildman–Crippen MR) is 113 cm³/mol. The maximum atomic E-state index is 12.2. The molecule has 0 unspecified atom stereocenters. The summed E-state index contributed by atoms with van der Waals surface area (Å²) in [7, 11) is 1.04. The first-order valence-corrected chi connectivity index (χ1v) is 11.2. The molecule has 0 fully saturated rings. The normalized spacial score (nSPS) is 12.8. The molecule has 0 radical (unpaired) electrons. The molecule has 158 valence electrons. The Morgan fingerprint density at radius 2 is 1.67 bits per heavy atom. The average Bonchev–Trinajstić information content (AvgIpc) is 2.76. The molecule has 3 aromatic rings. The summed E-state index contributed by atoms with van der Waals surface area (Å²) in [6, 6.07) is 9.64. The molecular weight excluding hydrogens is 406 g/mol. The van der Waals surface area contributed by atoms with Crippen LogP contribution in [0.2, 0.25) is 0 Å². The molecule has 8 heteroatoms. The van der Waals surface area contributed by atoms with Gasteiger partial charge in [0, 0.05) is 12.5 Å². The fourth-order valence-electron chi connectivity index (χ4n) is 3.77. The molecule has 0 aliphatic carbocycles. The van der Waals surface area contributed by atoms with Crippen LogP contribution in [-0.2, 0) is 23.1 Å². The zero-order chi connectivity index (χ0) is 21.5. The molecule has 0 saturated carbocycles. The van der Waals surface area contributed by atoms with E-state index in [-0.39, 0.29) is 11.5 Å². The van der Waals surface area contributed by atoms with Gasteiger partial charge in [-0.2, -0.15) is 13.0 Å². The van der Waals surface area contributed by atoms with Crippen LogP contribution < -0.4 is 23.0 Å². The summed E-state index contributed by atoms with van der Waals surface area (Å²) in [5.41, 5.74) is 3.24. The van der Waals surface area contributed by atoms with Gasteiger partial charge in [-0.05, 0) is 42.1 Å². The van der Waals surface area contributed by atoms with Gasteiger partial charge in [-0.15, -0.1) is 0 Å². The average molecular weight is 431 g/mol. The van der Waals surface area contributed by atoms with E-state index in [1.54, 1.807) is 27.2 Å². The number of fused-ring (bicyclic) bond motifs is 4. The van der Waals surface area contributed by atoms with Gasteiger partial charge in [-0.3, -0.25) is 0 Å². The molecule has 7 nitrogen and oxygen atoms in total. The van der Waals surface area contributed by atoms with E-state index in [9.17, 15) is 8.42 Å². The molecule has 0 saturated heterocycles. The number of pyridine rings is 1. The highest BCUT2D eigenvalue weighted by atomic mass is 32.2. The van der Waals surface area contributed by atoms with Crippen LogP contribution in [0.5, 0.6) is 23.0 Å². The number of hydrogen-bond donors (Lipinski definition) is 0. The van der Waals surface area contributed by atoms with Gasteiger partial charge >= 0.3 is 10.1 Å². The highest BCUT2D eigenvalue weighted by Gasteiger charge is 2.28. The van der Waals surface area contributed by atoms with Crippen LogP contribution >= 0.6 is 0 Å². The Hall–Kier alpha value is -3.00. The van der Waals surface area contributed by atoms with Crippen molar-refractivity contribution < 1.29 is 31.4 Å². The third kappa shape index (κ3) is 3.41. The second kappa shape index (κ2) is 7.68. The number of aryl methyl sites for hydroxylation is 2. The Bertz CT molecular complexity index is 1240. The van der Waals surface area contributed by atoms with E-state index in [1.807, 2.05) is 30.5 Å². The van der Waals surface area contributed by atoms with Crippen molar-refractivity contribution in [2.45, 2.75) is 19.9 Å². The predicted octanol–water partition coefficient (Wildman–Crippen LogP) is 3.10. The number of hydrogen-bond acceptors (Lipinski definition) is 6. The molecule has 0 spiro atoms. The lowest BCUT2D eigenvalue weighted by atomic mass is 9.95. The third-order valence-corrected chi connectivity index (χ3v) is 6.50.